The van der Waals surface area contributed by atoms with Gasteiger partial charge in [-0.3, -0.25) is 4.79 Å². The predicted molar refractivity (Wildman–Crippen MR) is 77.0 cm³/mol. The maximum Gasteiger partial charge on any atom is 0.222 e. The number of hydrogen-bond donors (Lipinski definition) is 1. The number of halogens is 1. The van der Waals surface area contributed by atoms with E-state index >= 15 is 0 Å². The summed E-state index contributed by atoms with van der Waals surface area (Å²) in [5.41, 5.74) is 0. The van der Waals surface area contributed by atoms with Crippen molar-refractivity contribution in [1.29, 1.82) is 0 Å². The van der Waals surface area contributed by atoms with Crippen LogP contribution in [0.2, 0.25) is 0 Å². The minimum atomic E-state index is -3.04. The van der Waals surface area contributed by atoms with E-state index < -0.39 is 9.84 Å². The van der Waals surface area contributed by atoms with Gasteiger partial charge >= 0.3 is 0 Å². The molecular weight excluding hydrogens is 276 g/mol. The highest BCUT2D eigenvalue weighted by Crippen LogP contribution is 2.06. The van der Waals surface area contributed by atoms with E-state index in [0.717, 1.165) is 13.0 Å². The van der Waals surface area contributed by atoms with E-state index in [1.54, 1.807) is 11.8 Å². The Kier molecular flexibility index (Phi) is 10.6. The zero-order valence-corrected chi connectivity index (χ0v) is 13.2. The van der Waals surface area contributed by atoms with E-state index in [9.17, 15) is 13.2 Å². The van der Waals surface area contributed by atoms with Crippen LogP contribution >= 0.6 is 12.4 Å². The molecule has 7 heteroatoms. The van der Waals surface area contributed by atoms with Crippen LogP contribution in [0.25, 0.3) is 0 Å². The van der Waals surface area contributed by atoms with Crippen molar-refractivity contribution in [3.63, 3.8) is 0 Å². The van der Waals surface area contributed by atoms with Gasteiger partial charge in [-0.05, 0) is 33.9 Å². The van der Waals surface area contributed by atoms with Gasteiger partial charge in [-0.15, -0.1) is 12.4 Å². The lowest BCUT2D eigenvalue weighted by molar-refractivity contribution is -0.132. The normalized spacial score (nSPS) is 12.7. The van der Waals surface area contributed by atoms with Gasteiger partial charge in [0.05, 0.1) is 5.75 Å². The molecule has 0 saturated carbocycles. The lowest BCUT2D eigenvalue weighted by Gasteiger charge is -2.27. The quantitative estimate of drug-likeness (QED) is 0.670. The maximum atomic E-state index is 11.9. The Bertz CT molecular complexity index is 333. The number of rotatable bonds is 8. The van der Waals surface area contributed by atoms with Crippen LogP contribution in [0.1, 0.15) is 26.7 Å². The van der Waals surface area contributed by atoms with Crippen molar-refractivity contribution in [2.24, 2.45) is 0 Å². The third-order valence-electron chi connectivity index (χ3n) is 2.55. The molecule has 0 fully saturated rings. The number of nitrogens with one attached hydrogen (secondary N) is 1. The van der Waals surface area contributed by atoms with E-state index in [0.29, 0.717) is 13.0 Å². The van der Waals surface area contributed by atoms with E-state index in [2.05, 4.69) is 5.32 Å². The summed E-state index contributed by atoms with van der Waals surface area (Å²) in [5, 5.41) is 2.98. The van der Waals surface area contributed by atoms with Crippen molar-refractivity contribution >= 4 is 28.2 Å². The molecule has 18 heavy (non-hydrogen) atoms. The standard InChI is InChI=1S/C11H24N2O3S.ClH/c1-5-13(10(2)9-17(4,15)16)11(14)7-6-8-12-3;/h10,12H,5-9H2,1-4H3;1H. The molecular formula is C11H25ClN2O3S. The van der Waals surface area contributed by atoms with E-state index in [-0.39, 0.29) is 30.1 Å². The van der Waals surface area contributed by atoms with Gasteiger partial charge < -0.3 is 10.2 Å². The Morgan fingerprint density at radius 2 is 1.94 bits per heavy atom. The lowest BCUT2D eigenvalue weighted by atomic mass is 10.2. The lowest BCUT2D eigenvalue weighted by Crippen LogP contribution is -2.42. The number of hydrogen-bond acceptors (Lipinski definition) is 4. The van der Waals surface area contributed by atoms with Crippen LogP contribution in [0.15, 0.2) is 0 Å². The number of carbonyl (C=O) groups is 1. The summed E-state index contributed by atoms with van der Waals surface area (Å²) in [5.74, 6) is 0.0532. The third-order valence-corrected chi connectivity index (χ3v) is 3.64. The van der Waals surface area contributed by atoms with Gasteiger partial charge in [-0.1, -0.05) is 0 Å². The summed E-state index contributed by atoms with van der Waals surface area (Å²) >= 11 is 0. The Morgan fingerprint density at radius 3 is 2.33 bits per heavy atom. The second kappa shape index (κ2) is 9.58. The van der Waals surface area contributed by atoms with E-state index in [1.165, 1.54) is 6.26 Å². The van der Waals surface area contributed by atoms with Crippen LogP contribution in [-0.4, -0.2) is 57.4 Å². The second-order valence-electron chi connectivity index (χ2n) is 4.33. The van der Waals surface area contributed by atoms with Gasteiger partial charge in [0, 0.05) is 25.3 Å². The molecule has 0 heterocycles. The van der Waals surface area contributed by atoms with Gasteiger partial charge in [0.2, 0.25) is 5.91 Å². The first-order chi connectivity index (χ1) is 7.81. The van der Waals surface area contributed by atoms with E-state index in [4.69, 9.17) is 0 Å². The molecule has 0 spiro atoms. The van der Waals surface area contributed by atoms with Crippen molar-refractivity contribution in [2.45, 2.75) is 32.7 Å². The molecule has 1 atom stereocenters. The van der Waals surface area contributed by atoms with Crippen molar-refractivity contribution in [1.82, 2.24) is 10.2 Å². The molecule has 5 nitrogen and oxygen atoms in total. The fraction of sp³-hybridized carbons (Fsp3) is 0.909. The number of carbonyl (C=O) groups excluding carboxylic acids is 1. The van der Waals surface area contributed by atoms with Gasteiger partial charge in [-0.2, -0.15) is 0 Å². The summed E-state index contributed by atoms with van der Waals surface area (Å²) in [6, 6.07) is -0.253. The Balaban J connectivity index is 0. The minimum Gasteiger partial charge on any atom is -0.339 e. The van der Waals surface area contributed by atoms with Crippen molar-refractivity contribution in [3.05, 3.63) is 0 Å². The molecule has 0 aliphatic carbocycles. The highest BCUT2D eigenvalue weighted by Gasteiger charge is 2.21. The van der Waals surface area contributed by atoms with Gasteiger partial charge in [-0.25, -0.2) is 8.42 Å². The van der Waals surface area contributed by atoms with Gasteiger partial charge in [0.25, 0.3) is 0 Å². The summed E-state index contributed by atoms with van der Waals surface area (Å²) in [4.78, 5) is 13.5. The first kappa shape index (κ1) is 20.0. The predicted octanol–water partition coefficient (Wildman–Crippen LogP) is 0.689. The van der Waals surface area contributed by atoms with Gasteiger partial charge in [0.15, 0.2) is 0 Å². The Morgan fingerprint density at radius 1 is 1.39 bits per heavy atom. The first-order valence-corrected chi connectivity index (χ1v) is 7.99. The van der Waals surface area contributed by atoms with Crippen LogP contribution in [0.4, 0.5) is 0 Å². The average molecular weight is 301 g/mol. The molecule has 0 radical (unpaired) electrons. The largest absolute Gasteiger partial charge is 0.339 e. The highest BCUT2D eigenvalue weighted by molar-refractivity contribution is 7.90. The van der Waals surface area contributed by atoms with Crippen LogP contribution in [0.5, 0.6) is 0 Å². The van der Waals surface area contributed by atoms with Crippen LogP contribution < -0.4 is 5.32 Å². The molecule has 0 aliphatic heterocycles. The number of amides is 1. The summed E-state index contributed by atoms with van der Waals surface area (Å²) in [6.45, 7) is 4.99. The average Bonchev–Trinajstić information content (AvgIpc) is 2.16. The molecule has 0 aliphatic rings. The van der Waals surface area contributed by atoms with Crippen LogP contribution in [0.3, 0.4) is 0 Å². The molecule has 1 unspecified atom stereocenters. The summed E-state index contributed by atoms with van der Waals surface area (Å²) < 4.78 is 22.4. The monoisotopic (exact) mass is 300 g/mol. The molecule has 0 aromatic rings. The SMILES string of the molecule is CCN(C(=O)CCCNC)C(C)CS(C)(=O)=O.Cl. The van der Waals surface area contributed by atoms with Gasteiger partial charge in [0.1, 0.15) is 9.84 Å². The van der Waals surface area contributed by atoms with Crippen molar-refractivity contribution in [3.8, 4) is 0 Å². The van der Waals surface area contributed by atoms with Crippen molar-refractivity contribution in [2.75, 3.05) is 32.1 Å². The van der Waals surface area contributed by atoms with Crippen LogP contribution in [0, 0.1) is 0 Å². The number of sulfone groups is 1. The molecule has 0 saturated heterocycles. The highest BCUT2D eigenvalue weighted by atomic mass is 35.5. The topological polar surface area (TPSA) is 66.5 Å². The number of nitrogens with zero attached hydrogens (tertiary/aromatic N) is 1. The molecule has 0 rings (SSSR count). The Labute approximate surface area is 117 Å². The zero-order chi connectivity index (χ0) is 13.5. The summed E-state index contributed by atoms with van der Waals surface area (Å²) in [6.07, 6.45) is 2.43. The van der Waals surface area contributed by atoms with E-state index in [1.807, 2.05) is 14.0 Å². The summed E-state index contributed by atoms with van der Waals surface area (Å²) in [7, 11) is -1.20. The minimum absolute atomic E-state index is 0. The fourth-order valence-corrected chi connectivity index (χ4v) is 2.88. The third kappa shape index (κ3) is 8.72. The van der Waals surface area contributed by atoms with Crippen molar-refractivity contribution < 1.29 is 13.2 Å². The molecule has 1 amide bonds. The smallest absolute Gasteiger partial charge is 0.222 e. The molecule has 0 aromatic heterocycles. The zero-order valence-electron chi connectivity index (χ0n) is 11.6. The first-order valence-electron chi connectivity index (χ1n) is 5.93. The van der Waals surface area contributed by atoms with Crippen LogP contribution in [-0.2, 0) is 14.6 Å². The Hall–Kier alpha value is -0.330. The maximum absolute atomic E-state index is 11.9. The second-order valence-corrected chi connectivity index (χ2v) is 6.51. The fourth-order valence-electron chi connectivity index (χ4n) is 1.82. The molecule has 0 aromatic carbocycles. The molecule has 110 valence electrons. The molecule has 0 bridgehead atoms. The molecule has 1 N–H and O–H groups in total.